The minimum Gasteiger partial charge on any atom is -0.315 e. The van der Waals surface area contributed by atoms with Crippen molar-refractivity contribution in [1.82, 2.24) is 9.62 Å². The second-order valence-corrected chi connectivity index (χ2v) is 10.2. The minimum atomic E-state index is -3.38. The Morgan fingerprint density at radius 2 is 2.14 bits per heavy atom. The number of rotatable bonds is 4. The molecule has 7 heteroatoms. The van der Waals surface area contributed by atoms with E-state index in [4.69, 9.17) is 0 Å². The summed E-state index contributed by atoms with van der Waals surface area (Å²) in [7, 11) is -1.50. The van der Waals surface area contributed by atoms with Gasteiger partial charge in [0.05, 0.1) is 3.79 Å². The van der Waals surface area contributed by atoms with E-state index in [1.807, 2.05) is 13.1 Å². The summed E-state index contributed by atoms with van der Waals surface area (Å²) in [6.07, 6.45) is 5.55. The van der Waals surface area contributed by atoms with Gasteiger partial charge in [-0.2, -0.15) is 4.31 Å². The molecule has 21 heavy (non-hydrogen) atoms. The van der Waals surface area contributed by atoms with Crippen LogP contribution in [-0.2, 0) is 16.6 Å². The number of halogens is 1. The number of fused-ring (bicyclic) bond motifs is 1. The van der Waals surface area contributed by atoms with Gasteiger partial charge in [-0.15, -0.1) is 11.3 Å². The van der Waals surface area contributed by atoms with Crippen LogP contribution in [0, 0.1) is 5.92 Å². The Kier molecular flexibility index (Phi) is 4.76. The Morgan fingerprint density at radius 1 is 1.38 bits per heavy atom. The second-order valence-electron chi connectivity index (χ2n) is 5.90. The molecule has 1 aromatic heterocycles. The molecule has 1 aliphatic carbocycles. The lowest BCUT2D eigenvalue weighted by molar-refractivity contribution is 0.202. The van der Waals surface area contributed by atoms with Gasteiger partial charge < -0.3 is 5.32 Å². The molecule has 2 aliphatic rings. The van der Waals surface area contributed by atoms with Crippen LogP contribution in [0.5, 0.6) is 0 Å². The monoisotopic (exact) mass is 392 g/mol. The summed E-state index contributed by atoms with van der Waals surface area (Å²) in [4.78, 5) is 1.49. The molecule has 1 N–H and O–H groups in total. The van der Waals surface area contributed by atoms with Gasteiger partial charge in [-0.1, -0.05) is 6.42 Å². The zero-order valence-corrected chi connectivity index (χ0v) is 15.4. The molecule has 0 amide bonds. The van der Waals surface area contributed by atoms with E-state index in [0.717, 1.165) is 27.9 Å². The first kappa shape index (κ1) is 15.9. The molecule has 2 unspecified atom stereocenters. The van der Waals surface area contributed by atoms with Crippen molar-refractivity contribution in [3.63, 3.8) is 0 Å². The fraction of sp³-hybridized carbons (Fsp3) is 0.714. The van der Waals surface area contributed by atoms with Crippen molar-refractivity contribution in [2.24, 2.45) is 5.92 Å². The third-order valence-corrected chi connectivity index (χ3v) is 8.76. The van der Waals surface area contributed by atoms with E-state index in [9.17, 15) is 8.42 Å². The average molecular weight is 393 g/mol. The summed E-state index contributed by atoms with van der Waals surface area (Å²) in [6, 6.07) is 2.04. The molecule has 2 atom stereocenters. The van der Waals surface area contributed by atoms with Gasteiger partial charge in [0.15, 0.2) is 0 Å². The highest BCUT2D eigenvalue weighted by atomic mass is 79.9. The van der Waals surface area contributed by atoms with Crippen LogP contribution in [0.4, 0.5) is 0 Å². The molecule has 1 aromatic rings. The first-order valence-corrected chi connectivity index (χ1v) is 10.5. The van der Waals surface area contributed by atoms with Crippen LogP contribution in [0.2, 0.25) is 0 Å². The van der Waals surface area contributed by atoms with E-state index < -0.39 is 10.0 Å². The SMILES string of the molecule is CNCc1cc(S(=O)(=O)N2CCCC3CCCC32)c(Br)s1. The van der Waals surface area contributed by atoms with E-state index in [1.54, 1.807) is 4.31 Å². The lowest BCUT2D eigenvalue weighted by Gasteiger charge is -2.36. The average Bonchev–Trinajstić information content (AvgIpc) is 3.05. The fourth-order valence-electron chi connectivity index (χ4n) is 3.67. The maximum atomic E-state index is 13.1. The molecule has 2 fully saturated rings. The standard InChI is InChI=1S/C14H21BrN2O2S2/c1-16-9-11-8-13(14(15)20-11)21(18,19)17-7-3-5-10-4-2-6-12(10)17/h8,10,12,16H,2-7,9H2,1H3. The molecule has 1 saturated heterocycles. The van der Waals surface area contributed by atoms with E-state index in [0.29, 0.717) is 23.9 Å². The molecular formula is C14H21BrN2O2S2. The van der Waals surface area contributed by atoms with Crippen LogP contribution in [0.15, 0.2) is 14.7 Å². The highest BCUT2D eigenvalue weighted by Gasteiger charge is 2.42. The number of nitrogens with one attached hydrogen (secondary N) is 1. The molecule has 0 spiro atoms. The lowest BCUT2D eigenvalue weighted by atomic mass is 9.94. The Balaban J connectivity index is 1.92. The summed E-state index contributed by atoms with van der Waals surface area (Å²) in [5, 5.41) is 3.07. The molecule has 2 heterocycles. The van der Waals surface area contributed by atoms with Crippen molar-refractivity contribution in [2.45, 2.75) is 49.6 Å². The molecule has 0 aromatic carbocycles. The molecule has 0 radical (unpaired) electrons. The molecule has 4 nitrogen and oxygen atoms in total. The summed E-state index contributed by atoms with van der Waals surface area (Å²) in [5.74, 6) is 0.572. The summed E-state index contributed by atoms with van der Waals surface area (Å²) < 4.78 is 28.6. The van der Waals surface area contributed by atoms with Crippen LogP contribution in [0.1, 0.15) is 37.0 Å². The Labute approximate surface area is 139 Å². The predicted molar refractivity (Wildman–Crippen MR) is 89.0 cm³/mol. The molecule has 1 saturated carbocycles. The van der Waals surface area contributed by atoms with E-state index in [1.165, 1.54) is 24.2 Å². The predicted octanol–water partition coefficient (Wildman–Crippen LogP) is 3.18. The molecular weight excluding hydrogens is 372 g/mol. The van der Waals surface area contributed by atoms with E-state index in [-0.39, 0.29) is 6.04 Å². The Bertz CT molecular complexity index is 614. The largest absolute Gasteiger partial charge is 0.315 e. The fourth-order valence-corrected chi connectivity index (χ4v) is 8.07. The number of piperidine rings is 1. The van der Waals surface area contributed by atoms with Gasteiger partial charge in [-0.3, -0.25) is 0 Å². The van der Waals surface area contributed by atoms with Crippen LogP contribution >= 0.6 is 27.3 Å². The summed E-state index contributed by atoms with van der Waals surface area (Å²) >= 11 is 4.95. The van der Waals surface area contributed by atoms with Crippen molar-refractivity contribution in [3.05, 3.63) is 14.7 Å². The number of sulfonamides is 1. The number of nitrogens with zero attached hydrogens (tertiary/aromatic N) is 1. The zero-order chi connectivity index (χ0) is 15.0. The van der Waals surface area contributed by atoms with Gasteiger partial charge in [0.1, 0.15) is 4.90 Å². The van der Waals surface area contributed by atoms with Crippen molar-refractivity contribution in [1.29, 1.82) is 0 Å². The van der Waals surface area contributed by atoms with Gasteiger partial charge in [-0.25, -0.2) is 8.42 Å². The van der Waals surface area contributed by atoms with Gasteiger partial charge in [0.25, 0.3) is 0 Å². The lowest BCUT2D eigenvalue weighted by Crippen LogP contribution is -2.46. The molecule has 118 valence electrons. The molecule has 3 rings (SSSR count). The first-order valence-electron chi connectivity index (χ1n) is 7.48. The maximum absolute atomic E-state index is 13.1. The Hall–Kier alpha value is 0.0500. The van der Waals surface area contributed by atoms with Crippen molar-refractivity contribution in [3.8, 4) is 0 Å². The summed E-state index contributed by atoms with van der Waals surface area (Å²) in [6.45, 7) is 1.37. The normalized spacial score (nSPS) is 27.0. The quantitative estimate of drug-likeness (QED) is 0.855. The van der Waals surface area contributed by atoms with Crippen molar-refractivity contribution >= 4 is 37.3 Å². The topological polar surface area (TPSA) is 49.4 Å². The van der Waals surface area contributed by atoms with Crippen LogP contribution in [0.25, 0.3) is 0 Å². The van der Waals surface area contributed by atoms with Gasteiger partial charge in [-0.05, 0) is 60.6 Å². The highest BCUT2D eigenvalue weighted by Crippen LogP contribution is 2.41. The summed E-state index contributed by atoms with van der Waals surface area (Å²) in [5.41, 5.74) is 0. The van der Waals surface area contributed by atoms with E-state index in [2.05, 4.69) is 21.2 Å². The second kappa shape index (κ2) is 6.28. The maximum Gasteiger partial charge on any atom is 0.245 e. The van der Waals surface area contributed by atoms with Gasteiger partial charge in [0, 0.05) is 24.0 Å². The number of hydrogen-bond donors (Lipinski definition) is 1. The van der Waals surface area contributed by atoms with Gasteiger partial charge >= 0.3 is 0 Å². The van der Waals surface area contributed by atoms with Gasteiger partial charge in [0.2, 0.25) is 10.0 Å². The third-order valence-electron chi connectivity index (χ3n) is 4.59. The van der Waals surface area contributed by atoms with Crippen LogP contribution < -0.4 is 5.32 Å². The van der Waals surface area contributed by atoms with Crippen molar-refractivity contribution < 1.29 is 8.42 Å². The third kappa shape index (κ3) is 2.95. The van der Waals surface area contributed by atoms with Crippen LogP contribution in [0.3, 0.4) is 0 Å². The van der Waals surface area contributed by atoms with Crippen LogP contribution in [-0.4, -0.2) is 32.4 Å². The number of hydrogen-bond acceptors (Lipinski definition) is 4. The number of thiophene rings is 1. The zero-order valence-electron chi connectivity index (χ0n) is 12.1. The smallest absolute Gasteiger partial charge is 0.245 e. The minimum absolute atomic E-state index is 0.225. The molecule has 1 aliphatic heterocycles. The van der Waals surface area contributed by atoms with Crippen molar-refractivity contribution in [2.75, 3.05) is 13.6 Å². The first-order chi connectivity index (χ1) is 10.0. The Morgan fingerprint density at radius 3 is 2.90 bits per heavy atom. The molecule has 0 bridgehead atoms. The highest BCUT2D eigenvalue weighted by molar-refractivity contribution is 9.11. The van der Waals surface area contributed by atoms with E-state index >= 15 is 0 Å².